The quantitative estimate of drug-likeness (QED) is 0.447. The van der Waals surface area contributed by atoms with E-state index >= 15 is 0 Å². The van der Waals surface area contributed by atoms with Gasteiger partial charge in [0.1, 0.15) is 24.6 Å². The molecule has 142 valence electrons. The number of nitrogens with zero attached hydrogens (tertiary/aromatic N) is 2. The Labute approximate surface area is 165 Å². The molecule has 28 heavy (non-hydrogen) atoms. The number of rotatable bonds is 7. The largest absolute Gasteiger partial charge is 0.493 e. The number of hydrogen-bond acceptors (Lipinski definition) is 6. The molecule has 0 aliphatic heterocycles. The summed E-state index contributed by atoms with van der Waals surface area (Å²) in [6.07, 6.45) is 1.53. The van der Waals surface area contributed by atoms with Crippen molar-refractivity contribution in [3.63, 3.8) is 0 Å². The fourth-order valence-electron chi connectivity index (χ4n) is 2.81. The minimum atomic E-state index is -0.248. The minimum Gasteiger partial charge on any atom is -0.493 e. The van der Waals surface area contributed by atoms with Gasteiger partial charge < -0.3 is 14.8 Å². The fraction of sp³-hybridized carbons (Fsp3) is 0.143. The van der Waals surface area contributed by atoms with Crippen LogP contribution in [0.15, 0.2) is 60.9 Å². The van der Waals surface area contributed by atoms with E-state index in [-0.39, 0.29) is 5.82 Å². The van der Waals surface area contributed by atoms with Crippen molar-refractivity contribution in [3.8, 4) is 21.9 Å². The fourth-order valence-corrected chi connectivity index (χ4v) is 3.89. The maximum Gasteiger partial charge on any atom is 0.161 e. The lowest BCUT2D eigenvalue weighted by Gasteiger charge is -2.11. The molecule has 2 aromatic heterocycles. The van der Waals surface area contributed by atoms with E-state index in [1.807, 2.05) is 30.3 Å². The molecule has 2 heterocycles. The van der Waals surface area contributed by atoms with E-state index in [0.29, 0.717) is 24.7 Å². The van der Waals surface area contributed by atoms with Crippen molar-refractivity contribution < 1.29 is 13.9 Å². The van der Waals surface area contributed by atoms with Gasteiger partial charge in [0.25, 0.3) is 0 Å². The van der Waals surface area contributed by atoms with Gasteiger partial charge in [-0.2, -0.15) is 0 Å². The van der Waals surface area contributed by atoms with E-state index in [4.69, 9.17) is 9.47 Å². The van der Waals surface area contributed by atoms with Crippen molar-refractivity contribution in [1.29, 1.82) is 0 Å². The van der Waals surface area contributed by atoms with Crippen molar-refractivity contribution in [2.75, 3.05) is 25.6 Å². The summed E-state index contributed by atoms with van der Waals surface area (Å²) in [5.41, 5.74) is 1.81. The number of methoxy groups -OCH3 is 1. The van der Waals surface area contributed by atoms with E-state index in [0.717, 1.165) is 26.5 Å². The van der Waals surface area contributed by atoms with Gasteiger partial charge in [0.15, 0.2) is 11.5 Å². The van der Waals surface area contributed by atoms with Crippen LogP contribution in [-0.2, 0) is 0 Å². The third-order valence-corrected chi connectivity index (χ3v) is 5.34. The van der Waals surface area contributed by atoms with Crippen LogP contribution in [0, 0.1) is 5.82 Å². The lowest BCUT2D eigenvalue weighted by atomic mass is 10.2. The lowest BCUT2D eigenvalue weighted by Crippen LogP contribution is -2.12. The molecule has 4 rings (SSSR count). The molecule has 0 amide bonds. The second kappa shape index (κ2) is 8.22. The van der Waals surface area contributed by atoms with E-state index in [1.165, 1.54) is 18.5 Å². The maximum atomic E-state index is 13.2. The van der Waals surface area contributed by atoms with Gasteiger partial charge in [0, 0.05) is 4.88 Å². The molecule has 0 aliphatic rings. The number of nitrogens with one attached hydrogen (secondary N) is 1. The molecule has 0 aliphatic carbocycles. The number of para-hydroxylation sites is 2. The third kappa shape index (κ3) is 3.89. The number of hydrogen-bond donors (Lipinski definition) is 1. The highest BCUT2D eigenvalue weighted by molar-refractivity contribution is 7.22. The monoisotopic (exact) mass is 395 g/mol. The van der Waals surface area contributed by atoms with Crippen LogP contribution in [0.5, 0.6) is 11.5 Å². The van der Waals surface area contributed by atoms with Crippen molar-refractivity contribution in [3.05, 3.63) is 66.7 Å². The first-order chi connectivity index (χ1) is 13.7. The minimum absolute atomic E-state index is 0.248. The van der Waals surface area contributed by atoms with Crippen LogP contribution in [0.1, 0.15) is 0 Å². The Balaban J connectivity index is 1.46. The highest BCUT2D eigenvalue weighted by Crippen LogP contribution is 2.35. The zero-order valence-electron chi connectivity index (χ0n) is 15.2. The standard InChI is InChI=1S/C21H18FN3O2S/c1-26-17-4-2-3-5-18(17)27-11-10-23-21-20-16(24-13-25-21)12-19(28-20)14-6-8-15(22)9-7-14/h2-9,12-13H,10-11H2,1H3,(H,23,24,25). The first-order valence-corrected chi connectivity index (χ1v) is 9.56. The maximum absolute atomic E-state index is 13.2. The number of thiophene rings is 1. The van der Waals surface area contributed by atoms with Crippen LogP contribution in [0.2, 0.25) is 0 Å². The van der Waals surface area contributed by atoms with Gasteiger partial charge in [-0.25, -0.2) is 14.4 Å². The van der Waals surface area contributed by atoms with Gasteiger partial charge in [0.05, 0.1) is 23.9 Å². The van der Waals surface area contributed by atoms with Gasteiger partial charge in [-0.3, -0.25) is 0 Å². The molecule has 4 aromatic rings. The summed E-state index contributed by atoms with van der Waals surface area (Å²) in [5.74, 6) is 1.91. The van der Waals surface area contributed by atoms with Crippen molar-refractivity contribution in [2.45, 2.75) is 0 Å². The molecule has 0 atom stereocenters. The Hall–Kier alpha value is -3.19. The molecular weight excluding hydrogens is 377 g/mol. The second-order valence-corrected chi connectivity index (χ2v) is 7.03. The first kappa shape index (κ1) is 18.2. The molecule has 0 saturated carbocycles. The number of anilines is 1. The van der Waals surface area contributed by atoms with Crippen LogP contribution >= 0.6 is 11.3 Å². The Kier molecular flexibility index (Phi) is 5.34. The zero-order valence-corrected chi connectivity index (χ0v) is 16.0. The Morgan fingerprint density at radius 3 is 2.61 bits per heavy atom. The summed E-state index contributed by atoms with van der Waals surface area (Å²) in [5, 5.41) is 3.30. The van der Waals surface area contributed by atoms with Crippen LogP contribution in [0.3, 0.4) is 0 Å². The molecule has 0 saturated heterocycles. The molecule has 0 fully saturated rings. The Morgan fingerprint density at radius 2 is 1.82 bits per heavy atom. The number of benzene rings is 2. The Morgan fingerprint density at radius 1 is 1.04 bits per heavy atom. The first-order valence-electron chi connectivity index (χ1n) is 8.75. The third-order valence-electron chi connectivity index (χ3n) is 4.16. The van der Waals surface area contributed by atoms with Gasteiger partial charge >= 0.3 is 0 Å². The average molecular weight is 395 g/mol. The predicted molar refractivity (Wildman–Crippen MR) is 110 cm³/mol. The van der Waals surface area contributed by atoms with Gasteiger partial charge in [-0.15, -0.1) is 11.3 Å². The molecule has 5 nitrogen and oxygen atoms in total. The summed E-state index contributed by atoms with van der Waals surface area (Å²) < 4.78 is 25.2. The van der Waals surface area contributed by atoms with Crippen LogP contribution < -0.4 is 14.8 Å². The predicted octanol–water partition coefficient (Wildman–Crippen LogP) is 5.00. The molecule has 1 N–H and O–H groups in total. The topological polar surface area (TPSA) is 56.3 Å². The summed E-state index contributed by atoms with van der Waals surface area (Å²) in [7, 11) is 1.62. The number of halogens is 1. The smallest absolute Gasteiger partial charge is 0.161 e. The van der Waals surface area contributed by atoms with Gasteiger partial charge in [-0.05, 0) is 35.9 Å². The number of ether oxygens (including phenoxy) is 2. The summed E-state index contributed by atoms with van der Waals surface area (Å²) in [6, 6.07) is 16.0. The van der Waals surface area contributed by atoms with E-state index in [9.17, 15) is 4.39 Å². The van der Waals surface area contributed by atoms with Crippen molar-refractivity contribution in [1.82, 2.24) is 9.97 Å². The van der Waals surface area contributed by atoms with E-state index < -0.39 is 0 Å². The van der Waals surface area contributed by atoms with E-state index in [2.05, 4.69) is 15.3 Å². The second-order valence-electron chi connectivity index (χ2n) is 5.98. The lowest BCUT2D eigenvalue weighted by molar-refractivity contribution is 0.306. The molecule has 0 spiro atoms. The van der Waals surface area contributed by atoms with Crippen molar-refractivity contribution >= 4 is 27.4 Å². The Bertz CT molecular complexity index is 1080. The van der Waals surface area contributed by atoms with Crippen LogP contribution in [-0.4, -0.2) is 30.2 Å². The van der Waals surface area contributed by atoms with Crippen molar-refractivity contribution in [2.24, 2.45) is 0 Å². The number of aromatic nitrogens is 2. The normalized spacial score (nSPS) is 10.8. The summed E-state index contributed by atoms with van der Waals surface area (Å²) in [4.78, 5) is 9.71. The molecule has 0 radical (unpaired) electrons. The van der Waals surface area contributed by atoms with E-state index in [1.54, 1.807) is 30.6 Å². The number of fused-ring (bicyclic) bond motifs is 1. The van der Waals surface area contributed by atoms with Gasteiger partial charge in [-0.1, -0.05) is 24.3 Å². The average Bonchev–Trinajstić information content (AvgIpc) is 3.17. The van der Waals surface area contributed by atoms with Gasteiger partial charge in [0.2, 0.25) is 0 Å². The van der Waals surface area contributed by atoms with Crippen LogP contribution in [0.4, 0.5) is 10.2 Å². The van der Waals surface area contributed by atoms with Crippen LogP contribution in [0.25, 0.3) is 20.7 Å². The molecule has 0 bridgehead atoms. The molecule has 7 heteroatoms. The summed E-state index contributed by atoms with van der Waals surface area (Å²) in [6.45, 7) is 1.04. The SMILES string of the molecule is COc1ccccc1OCCNc1ncnc2cc(-c3ccc(F)cc3)sc12. The zero-order chi connectivity index (χ0) is 19.3. The molecule has 0 unspecified atom stereocenters. The highest BCUT2D eigenvalue weighted by Gasteiger charge is 2.10. The molecule has 2 aromatic carbocycles. The highest BCUT2D eigenvalue weighted by atomic mass is 32.1. The summed E-state index contributed by atoms with van der Waals surface area (Å²) >= 11 is 1.57. The molecular formula is C21H18FN3O2S.